The van der Waals surface area contributed by atoms with Gasteiger partial charge in [0.1, 0.15) is 0 Å². The molecular weight excluding hydrogens is 295 g/mol. The fourth-order valence-electron chi connectivity index (χ4n) is 1.02. The molecule has 2 atom stereocenters. The van der Waals surface area contributed by atoms with Crippen LogP contribution < -0.4 is 11.1 Å². The van der Waals surface area contributed by atoms with Gasteiger partial charge in [-0.15, -0.1) is 0 Å². The molecule has 7 nitrogen and oxygen atoms in total. The molecule has 0 aliphatic heterocycles. The average molecular weight is 311 g/mol. The quantitative estimate of drug-likeness (QED) is 0.422. The van der Waals surface area contributed by atoms with Crippen molar-refractivity contribution in [2.45, 2.75) is 36.1 Å². The molecule has 98 valence electrons. The van der Waals surface area contributed by atoms with E-state index >= 15 is 0 Å². The Morgan fingerprint density at radius 3 is 2.29 bits per heavy atom. The van der Waals surface area contributed by atoms with Gasteiger partial charge in [0.15, 0.2) is 0 Å². The van der Waals surface area contributed by atoms with Crippen molar-refractivity contribution in [2.24, 2.45) is 5.73 Å². The van der Waals surface area contributed by atoms with Crippen LogP contribution in [0.15, 0.2) is 0 Å². The van der Waals surface area contributed by atoms with E-state index in [0.717, 1.165) is 0 Å². The van der Waals surface area contributed by atoms with Crippen LogP contribution in [0.1, 0.15) is 12.8 Å². The Morgan fingerprint density at radius 2 is 1.88 bits per heavy atom. The van der Waals surface area contributed by atoms with Crippen LogP contribution in [0.2, 0.25) is 11.1 Å². The molecule has 0 aliphatic rings. The number of rotatable bonds is 8. The van der Waals surface area contributed by atoms with Crippen molar-refractivity contribution in [3.63, 3.8) is 0 Å². The van der Waals surface area contributed by atoms with E-state index in [4.69, 9.17) is 15.9 Å². The number of nitrogens with two attached hydrogens (primary N) is 1. The molecule has 0 radical (unpaired) electrons. The molecule has 0 unspecified atom stereocenters. The van der Waals surface area contributed by atoms with Gasteiger partial charge in [-0.05, 0) is 0 Å². The molecule has 0 aromatic carbocycles. The number of nitrogens with one attached hydrogen (secondary N) is 1. The van der Waals surface area contributed by atoms with Gasteiger partial charge in [0.2, 0.25) is 0 Å². The van der Waals surface area contributed by atoms with E-state index in [1.807, 2.05) is 5.82 Å². The minimum atomic E-state index is -1.18. The van der Waals surface area contributed by atoms with Crippen LogP contribution in [0.3, 0.4) is 0 Å². The van der Waals surface area contributed by atoms with Gasteiger partial charge in [-0.2, -0.15) is 0 Å². The molecule has 0 heterocycles. The number of aliphatic carboxylic acids is 2. The number of amides is 1. The number of carbonyl (C=O) groups is 3. The van der Waals surface area contributed by atoms with E-state index in [-0.39, 0.29) is 27.8 Å². The van der Waals surface area contributed by atoms with Crippen molar-refractivity contribution in [3.8, 4) is 0 Å². The third kappa shape index (κ3) is 6.93. The number of carboxylic acids is 2. The van der Waals surface area contributed by atoms with Gasteiger partial charge < -0.3 is 0 Å². The molecule has 0 aliphatic carbocycles. The molecule has 5 N–H and O–H groups in total. The zero-order valence-electron chi connectivity index (χ0n) is 9.38. The maximum absolute atomic E-state index is 11.3. The summed E-state index contributed by atoms with van der Waals surface area (Å²) in [7, 11) is 0. The molecular formula is C9H16N2O5Se. The minimum absolute atomic E-state index is 0.00915. The number of hydrogen-bond acceptors (Lipinski definition) is 4. The van der Waals surface area contributed by atoms with Gasteiger partial charge in [0, 0.05) is 0 Å². The Bertz CT molecular complexity index is 297. The van der Waals surface area contributed by atoms with Gasteiger partial charge in [-0.1, -0.05) is 0 Å². The molecule has 1 amide bonds. The first kappa shape index (κ1) is 15.9. The fraction of sp³-hybridized carbons (Fsp3) is 0.667. The van der Waals surface area contributed by atoms with E-state index in [1.165, 1.54) is 0 Å². The third-order valence-corrected chi connectivity index (χ3v) is 3.36. The Morgan fingerprint density at radius 1 is 1.29 bits per heavy atom. The summed E-state index contributed by atoms with van der Waals surface area (Å²) < 4.78 is 0. The molecule has 0 aromatic heterocycles. The Balaban J connectivity index is 4.06. The second-order valence-corrected chi connectivity index (χ2v) is 5.31. The first-order chi connectivity index (χ1) is 7.88. The van der Waals surface area contributed by atoms with E-state index in [2.05, 4.69) is 5.32 Å². The van der Waals surface area contributed by atoms with E-state index in [1.54, 1.807) is 0 Å². The van der Waals surface area contributed by atoms with Crippen molar-refractivity contribution in [1.29, 1.82) is 0 Å². The number of carboxylic acid groups (broad SMARTS) is 2. The molecule has 0 saturated heterocycles. The van der Waals surface area contributed by atoms with Crippen LogP contribution >= 0.6 is 0 Å². The average Bonchev–Trinajstić information content (AvgIpc) is 2.24. The summed E-state index contributed by atoms with van der Waals surface area (Å²) in [5, 5.41) is 20.0. The van der Waals surface area contributed by atoms with Crippen LogP contribution in [-0.4, -0.2) is 55.1 Å². The van der Waals surface area contributed by atoms with Crippen molar-refractivity contribution in [2.75, 3.05) is 0 Å². The third-order valence-electron chi connectivity index (χ3n) is 1.97. The Kier molecular flexibility index (Phi) is 7.52. The first-order valence-corrected chi connectivity index (χ1v) is 7.80. The normalized spacial score (nSPS) is 13.8. The molecule has 0 saturated carbocycles. The topological polar surface area (TPSA) is 130 Å². The van der Waals surface area contributed by atoms with Gasteiger partial charge in [0.25, 0.3) is 0 Å². The summed E-state index contributed by atoms with van der Waals surface area (Å²) in [6, 6.07) is -1.99. The SMILES string of the molecule is C[Se]C[C@H](NC(=O)CC[C@H](N)C(=O)O)C(=O)O. The molecule has 17 heavy (non-hydrogen) atoms. The standard InChI is InChI=1S/C9H16N2O5Se/c1-17-4-6(9(15)16)11-7(12)3-2-5(10)8(13)14/h5-6H,2-4,10H2,1H3,(H,11,12)(H,13,14)(H,15,16)/t5-,6-/m0/s1. The predicted molar refractivity (Wildman–Crippen MR) is 60.8 cm³/mol. The van der Waals surface area contributed by atoms with Gasteiger partial charge in [0.05, 0.1) is 0 Å². The molecule has 0 bridgehead atoms. The van der Waals surface area contributed by atoms with Crippen LogP contribution in [0.5, 0.6) is 0 Å². The first-order valence-electron chi connectivity index (χ1n) is 4.88. The summed E-state index contributed by atoms with van der Waals surface area (Å²) in [5.74, 6) is -0.873. The molecule has 0 spiro atoms. The second kappa shape index (κ2) is 8.05. The summed E-state index contributed by atoms with van der Waals surface area (Å²) >= 11 is 0.133. The van der Waals surface area contributed by atoms with Crippen molar-refractivity contribution in [3.05, 3.63) is 0 Å². The Labute approximate surface area is 105 Å². The van der Waals surface area contributed by atoms with Crippen LogP contribution in [0.4, 0.5) is 0 Å². The molecule has 0 aromatic rings. The summed E-state index contributed by atoms with van der Waals surface area (Å²) in [4.78, 5) is 32.5. The summed E-state index contributed by atoms with van der Waals surface area (Å²) in [6.07, 6.45) is -0.0985. The van der Waals surface area contributed by atoms with Crippen molar-refractivity contribution >= 4 is 32.8 Å². The van der Waals surface area contributed by atoms with Crippen LogP contribution in [0.25, 0.3) is 0 Å². The number of carbonyl (C=O) groups excluding carboxylic acids is 1. The van der Waals surface area contributed by atoms with E-state index < -0.39 is 29.9 Å². The zero-order chi connectivity index (χ0) is 13.4. The molecule has 0 rings (SSSR count). The number of hydrogen-bond donors (Lipinski definition) is 4. The summed E-state index contributed by atoms with van der Waals surface area (Å²) in [6.45, 7) is 0. The Hall–Kier alpha value is -1.11. The van der Waals surface area contributed by atoms with E-state index in [0.29, 0.717) is 5.32 Å². The molecule has 8 heteroatoms. The second-order valence-electron chi connectivity index (χ2n) is 3.40. The zero-order valence-corrected chi connectivity index (χ0v) is 11.1. The van der Waals surface area contributed by atoms with Gasteiger partial charge in [-0.25, -0.2) is 0 Å². The molecule has 0 fully saturated rings. The van der Waals surface area contributed by atoms with Crippen LogP contribution in [-0.2, 0) is 14.4 Å². The fourth-order valence-corrected chi connectivity index (χ4v) is 2.19. The monoisotopic (exact) mass is 312 g/mol. The van der Waals surface area contributed by atoms with Crippen LogP contribution in [0, 0.1) is 0 Å². The maximum atomic E-state index is 11.3. The van der Waals surface area contributed by atoms with Crippen molar-refractivity contribution in [1.82, 2.24) is 5.32 Å². The van der Waals surface area contributed by atoms with Gasteiger partial charge >= 0.3 is 105 Å². The predicted octanol–water partition coefficient (Wildman–Crippen LogP) is -1.08. The van der Waals surface area contributed by atoms with Gasteiger partial charge in [-0.3, -0.25) is 0 Å². The summed E-state index contributed by atoms with van der Waals surface area (Å²) in [5.41, 5.74) is 5.22. The van der Waals surface area contributed by atoms with Crippen molar-refractivity contribution < 1.29 is 24.6 Å². The van der Waals surface area contributed by atoms with E-state index in [9.17, 15) is 14.4 Å².